The largest absolute Gasteiger partial charge is 0.481 e. The highest BCUT2D eigenvalue weighted by Crippen LogP contribution is 2.32. The minimum atomic E-state index is -4.47. The molecule has 0 saturated carbocycles. The number of benzene rings is 2. The number of hydrogen-bond acceptors (Lipinski definition) is 3. The van der Waals surface area contributed by atoms with E-state index in [2.05, 4.69) is 0 Å². The summed E-state index contributed by atoms with van der Waals surface area (Å²) >= 11 is 0. The van der Waals surface area contributed by atoms with Crippen molar-refractivity contribution in [1.82, 2.24) is 4.90 Å². The number of fused-ring (bicyclic) bond motifs is 1. The lowest BCUT2D eigenvalue weighted by Gasteiger charge is -2.28. The minimum Gasteiger partial charge on any atom is -0.481 e. The van der Waals surface area contributed by atoms with E-state index in [4.69, 9.17) is 5.11 Å². The van der Waals surface area contributed by atoms with Gasteiger partial charge in [-0.25, -0.2) is 0 Å². The number of aliphatic carboxylic acids is 1. The Morgan fingerprint density at radius 2 is 1.57 bits per heavy atom. The molecule has 0 saturated heterocycles. The Labute approximate surface area is 157 Å². The molecule has 144 valence electrons. The molecule has 0 aliphatic carbocycles. The van der Waals surface area contributed by atoms with Crippen molar-refractivity contribution in [2.75, 3.05) is 6.54 Å². The quantitative estimate of drug-likeness (QED) is 0.639. The molecule has 8 heteroatoms. The Kier molecular flexibility index (Phi) is 5.04. The fourth-order valence-electron chi connectivity index (χ4n) is 2.89. The number of alkyl halides is 3. The van der Waals surface area contributed by atoms with Gasteiger partial charge >= 0.3 is 12.1 Å². The number of imide groups is 1. The average Bonchev–Trinajstić information content (AvgIpc) is 2.64. The molecule has 1 aliphatic heterocycles. The molecule has 0 radical (unpaired) electrons. The third-order valence-corrected chi connectivity index (χ3v) is 4.27. The molecule has 28 heavy (non-hydrogen) atoms. The van der Waals surface area contributed by atoms with E-state index in [0.29, 0.717) is 11.1 Å². The monoisotopic (exact) mass is 389 g/mol. The van der Waals surface area contributed by atoms with Gasteiger partial charge in [-0.2, -0.15) is 13.2 Å². The first-order chi connectivity index (χ1) is 13.2. The van der Waals surface area contributed by atoms with Gasteiger partial charge in [0, 0.05) is 17.7 Å². The van der Waals surface area contributed by atoms with Crippen molar-refractivity contribution in [3.63, 3.8) is 0 Å². The molecule has 0 atom stereocenters. The van der Waals surface area contributed by atoms with E-state index >= 15 is 0 Å². The van der Waals surface area contributed by atoms with Crippen molar-refractivity contribution in [3.8, 4) is 0 Å². The van der Waals surface area contributed by atoms with Gasteiger partial charge in [-0.3, -0.25) is 19.3 Å². The van der Waals surface area contributed by atoms with E-state index in [1.165, 1.54) is 24.3 Å². The highest BCUT2D eigenvalue weighted by Gasteiger charge is 2.35. The van der Waals surface area contributed by atoms with Crippen molar-refractivity contribution >= 4 is 29.4 Å². The van der Waals surface area contributed by atoms with E-state index in [1.54, 1.807) is 18.2 Å². The molecular formula is C20H14F3NO4. The van der Waals surface area contributed by atoms with E-state index in [9.17, 15) is 27.6 Å². The first kappa shape index (κ1) is 19.3. The summed E-state index contributed by atoms with van der Waals surface area (Å²) in [5.41, 5.74) is 0.219. The van der Waals surface area contributed by atoms with Crippen LogP contribution in [-0.4, -0.2) is 34.3 Å². The highest BCUT2D eigenvalue weighted by atomic mass is 19.4. The molecule has 1 heterocycles. The highest BCUT2D eigenvalue weighted by molar-refractivity contribution is 6.33. The van der Waals surface area contributed by atoms with Crippen LogP contribution in [0.25, 0.3) is 11.6 Å². The maximum atomic E-state index is 12.8. The lowest BCUT2D eigenvalue weighted by atomic mass is 9.92. The van der Waals surface area contributed by atoms with Crippen molar-refractivity contribution < 1.29 is 32.7 Å². The Balaban J connectivity index is 2.04. The molecule has 0 aromatic heterocycles. The van der Waals surface area contributed by atoms with Crippen molar-refractivity contribution in [3.05, 3.63) is 70.8 Å². The zero-order valence-corrected chi connectivity index (χ0v) is 14.4. The van der Waals surface area contributed by atoms with Crippen LogP contribution in [0.15, 0.2) is 48.5 Å². The molecule has 1 aliphatic rings. The summed E-state index contributed by atoms with van der Waals surface area (Å²) in [6, 6.07) is 10.6. The predicted octanol–water partition coefficient (Wildman–Crippen LogP) is 3.70. The van der Waals surface area contributed by atoms with Crippen LogP contribution in [0.1, 0.15) is 33.5 Å². The smallest absolute Gasteiger partial charge is 0.416 e. The molecule has 0 fully saturated rings. The van der Waals surface area contributed by atoms with Gasteiger partial charge in [0.2, 0.25) is 0 Å². The number of carbonyl (C=O) groups excluding carboxylic acids is 2. The van der Waals surface area contributed by atoms with Crippen LogP contribution in [0.2, 0.25) is 0 Å². The van der Waals surface area contributed by atoms with Gasteiger partial charge in [0.15, 0.2) is 0 Å². The molecular weight excluding hydrogens is 375 g/mol. The fraction of sp³-hybridized carbons (Fsp3) is 0.150. The maximum absolute atomic E-state index is 12.8. The molecule has 1 N–H and O–H groups in total. The summed E-state index contributed by atoms with van der Waals surface area (Å²) in [6.45, 7) is -0.300. The standard InChI is InChI=1S/C20H14F3NO4/c21-20(22,23)13-7-5-12(6-8-13)11-16-14-3-1-2-4-15(14)18(27)24(19(16)28)10-9-17(25)26/h1-8,11H,9-10H2,(H,25,26). The van der Waals surface area contributed by atoms with Gasteiger partial charge in [0.1, 0.15) is 0 Å². The number of halogens is 3. The summed E-state index contributed by atoms with van der Waals surface area (Å²) < 4.78 is 38.2. The van der Waals surface area contributed by atoms with Crippen molar-refractivity contribution in [2.24, 2.45) is 0 Å². The van der Waals surface area contributed by atoms with Gasteiger partial charge < -0.3 is 5.11 Å². The topological polar surface area (TPSA) is 74.7 Å². The van der Waals surface area contributed by atoms with Gasteiger partial charge in [-0.1, -0.05) is 30.3 Å². The van der Waals surface area contributed by atoms with Gasteiger partial charge in [-0.05, 0) is 35.4 Å². The Morgan fingerprint density at radius 1 is 0.964 bits per heavy atom. The maximum Gasteiger partial charge on any atom is 0.416 e. The number of nitrogens with zero attached hydrogens (tertiary/aromatic N) is 1. The van der Waals surface area contributed by atoms with Gasteiger partial charge in [-0.15, -0.1) is 0 Å². The van der Waals surface area contributed by atoms with E-state index in [0.717, 1.165) is 17.0 Å². The predicted molar refractivity (Wildman–Crippen MR) is 94.1 cm³/mol. The first-order valence-corrected chi connectivity index (χ1v) is 8.25. The second kappa shape index (κ2) is 7.30. The lowest BCUT2D eigenvalue weighted by Crippen LogP contribution is -2.42. The van der Waals surface area contributed by atoms with Crippen LogP contribution < -0.4 is 0 Å². The number of hydrogen-bond donors (Lipinski definition) is 1. The van der Waals surface area contributed by atoms with E-state index in [1.807, 2.05) is 0 Å². The summed E-state index contributed by atoms with van der Waals surface area (Å²) in [5, 5.41) is 8.85. The average molecular weight is 389 g/mol. The fourth-order valence-corrected chi connectivity index (χ4v) is 2.89. The second-order valence-electron chi connectivity index (χ2n) is 6.13. The third kappa shape index (κ3) is 3.80. The van der Waals surface area contributed by atoms with Crippen LogP contribution in [-0.2, 0) is 15.8 Å². The molecule has 0 bridgehead atoms. The Bertz CT molecular complexity index is 978. The second-order valence-corrected chi connectivity index (χ2v) is 6.13. The third-order valence-electron chi connectivity index (χ3n) is 4.27. The van der Waals surface area contributed by atoms with Gasteiger partial charge in [0.05, 0.1) is 12.0 Å². The molecule has 2 aromatic rings. The Hall–Kier alpha value is -3.42. The van der Waals surface area contributed by atoms with Crippen molar-refractivity contribution in [1.29, 1.82) is 0 Å². The summed E-state index contributed by atoms with van der Waals surface area (Å²) in [7, 11) is 0. The van der Waals surface area contributed by atoms with E-state index in [-0.39, 0.29) is 17.7 Å². The number of carboxylic acids is 1. The lowest BCUT2D eigenvalue weighted by molar-refractivity contribution is -0.138. The molecule has 2 amide bonds. The van der Waals surface area contributed by atoms with E-state index < -0.39 is 35.9 Å². The summed E-state index contributed by atoms with van der Waals surface area (Å²) in [5.74, 6) is -2.45. The zero-order valence-electron chi connectivity index (χ0n) is 14.4. The molecule has 2 aromatic carbocycles. The number of carboxylic acid groups (broad SMARTS) is 1. The number of carbonyl (C=O) groups is 3. The molecule has 5 nitrogen and oxygen atoms in total. The molecule has 0 spiro atoms. The molecule has 3 rings (SSSR count). The summed E-state index contributed by atoms with van der Waals surface area (Å²) in [6.07, 6.45) is -3.49. The van der Waals surface area contributed by atoms with Crippen LogP contribution in [0.3, 0.4) is 0 Å². The SMILES string of the molecule is O=C(O)CCN1C(=O)C(=Cc2ccc(C(F)(F)F)cc2)c2ccccc2C1=O. The number of rotatable bonds is 4. The zero-order chi connectivity index (χ0) is 20.5. The minimum absolute atomic E-state index is 0.111. The molecule has 0 unspecified atom stereocenters. The first-order valence-electron chi connectivity index (χ1n) is 8.25. The van der Waals surface area contributed by atoms with Crippen molar-refractivity contribution in [2.45, 2.75) is 12.6 Å². The van der Waals surface area contributed by atoms with Gasteiger partial charge in [0.25, 0.3) is 11.8 Å². The Morgan fingerprint density at radius 3 is 2.14 bits per heavy atom. The normalized spacial score (nSPS) is 15.7. The van der Waals surface area contributed by atoms with Crippen LogP contribution >= 0.6 is 0 Å². The van der Waals surface area contributed by atoms with Crippen LogP contribution in [0.4, 0.5) is 13.2 Å². The summed E-state index contributed by atoms with van der Waals surface area (Å²) in [4.78, 5) is 37.0. The van der Waals surface area contributed by atoms with Crippen LogP contribution in [0.5, 0.6) is 0 Å². The number of amides is 2. The van der Waals surface area contributed by atoms with Crippen LogP contribution in [0, 0.1) is 0 Å².